The van der Waals surface area contributed by atoms with Crippen LogP contribution in [0.4, 0.5) is 0 Å². The zero-order valence-electron chi connectivity index (χ0n) is 13.6. The van der Waals surface area contributed by atoms with Gasteiger partial charge in [-0.2, -0.15) is 0 Å². The molecule has 0 rings (SSSR count). The van der Waals surface area contributed by atoms with Gasteiger partial charge in [0, 0.05) is 6.04 Å². The van der Waals surface area contributed by atoms with Gasteiger partial charge in [0.25, 0.3) is 0 Å². The predicted molar refractivity (Wildman–Crippen MR) is 86.2 cm³/mol. The summed E-state index contributed by atoms with van der Waals surface area (Å²) in [6, 6.07) is 0.398. The van der Waals surface area contributed by atoms with E-state index in [0.29, 0.717) is 6.04 Å². The second-order valence-corrected chi connectivity index (χ2v) is 5.88. The highest BCUT2D eigenvalue weighted by Crippen LogP contribution is 2.13. The van der Waals surface area contributed by atoms with Crippen molar-refractivity contribution in [3.8, 4) is 0 Å². The van der Waals surface area contributed by atoms with Gasteiger partial charge in [-0.05, 0) is 12.8 Å². The van der Waals surface area contributed by atoms with Gasteiger partial charge < -0.3 is 10.4 Å². The smallest absolute Gasteiger partial charge is 0.317 e. The van der Waals surface area contributed by atoms with Gasteiger partial charge in [0.15, 0.2) is 0 Å². The molecule has 20 heavy (non-hydrogen) atoms. The number of rotatable bonds is 15. The monoisotopic (exact) mass is 285 g/mol. The molecule has 0 bridgehead atoms. The van der Waals surface area contributed by atoms with E-state index in [1.165, 1.54) is 64.2 Å². The summed E-state index contributed by atoms with van der Waals surface area (Å²) in [5.41, 5.74) is 0. The average Bonchev–Trinajstić information content (AvgIpc) is 2.43. The van der Waals surface area contributed by atoms with E-state index >= 15 is 0 Å². The van der Waals surface area contributed by atoms with E-state index in [4.69, 9.17) is 5.11 Å². The fraction of sp³-hybridized carbons (Fsp3) is 0.941. The van der Waals surface area contributed by atoms with Gasteiger partial charge in [-0.15, -0.1) is 0 Å². The summed E-state index contributed by atoms with van der Waals surface area (Å²) in [5, 5.41) is 12.0. The Labute approximate surface area is 125 Å². The van der Waals surface area contributed by atoms with Crippen LogP contribution < -0.4 is 5.32 Å². The first-order valence-electron chi connectivity index (χ1n) is 8.65. The molecule has 0 aliphatic rings. The van der Waals surface area contributed by atoms with Crippen molar-refractivity contribution in [2.45, 2.75) is 96.9 Å². The number of carboxylic acids is 1. The number of carboxylic acid groups (broad SMARTS) is 1. The second-order valence-electron chi connectivity index (χ2n) is 5.88. The molecule has 0 aliphatic heterocycles. The van der Waals surface area contributed by atoms with E-state index in [9.17, 15) is 4.79 Å². The zero-order valence-corrected chi connectivity index (χ0v) is 13.6. The summed E-state index contributed by atoms with van der Waals surface area (Å²) in [6.07, 6.45) is 15.1. The summed E-state index contributed by atoms with van der Waals surface area (Å²) in [5.74, 6) is -0.744. The molecular weight excluding hydrogens is 250 g/mol. The Hall–Kier alpha value is -0.570. The Balaban J connectivity index is 3.73. The molecule has 0 radical (unpaired) electrons. The van der Waals surface area contributed by atoms with E-state index in [0.717, 1.165) is 12.8 Å². The van der Waals surface area contributed by atoms with Crippen molar-refractivity contribution in [1.82, 2.24) is 5.32 Å². The Morgan fingerprint density at radius 1 is 0.850 bits per heavy atom. The van der Waals surface area contributed by atoms with Crippen LogP contribution in [0.15, 0.2) is 0 Å². The minimum Gasteiger partial charge on any atom is -0.480 e. The lowest BCUT2D eigenvalue weighted by Gasteiger charge is -2.17. The van der Waals surface area contributed by atoms with Crippen molar-refractivity contribution in [2.75, 3.05) is 6.54 Å². The van der Waals surface area contributed by atoms with Crippen LogP contribution in [-0.2, 0) is 4.79 Å². The van der Waals surface area contributed by atoms with Gasteiger partial charge in [0.2, 0.25) is 0 Å². The first kappa shape index (κ1) is 19.4. The van der Waals surface area contributed by atoms with E-state index < -0.39 is 5.97 Å². The number of hydrogen-bond donors (Lipinski definition) is 2. The molecule has 0 aromatic rings. The lowest BCUT2D eigenvalue weighted by molar-refractivity contribution is -0.136. The van der Waals surface area contributed by atoms with Gasteiger partial charge in [0.1, 0.15) is 0 Å². The van der Waals surface area contributed by atoms with E-state index in [2.05, 4.69) is 19.2 Å². The molecule has 0 spiro atoms. The quantitative estimate of drug-likeness (QED) is 0.427. The third kappa shape index (κ3) is 13.9. The van der Waals surface area contributed by atoms with Gasteiger partial charge in [-0.25, -0.2) is 0 Å². The van der Waals surface area contributed by atoms with Crippen LogP contribution in [0.1, 0.15) is 90.9 Å². The van der Waals surface area contributed by atoms with Crippen molar-refractivity contribution >= 4 is 5.97 Å². The molecule has 0 aliphatic carbocycles. The normalized spacial score (nSPS) is 11.2. The topological polar surface area (TPSA) is 49.3 Å². The maximum absolute atomic E-state index is 10.7. The van der Waals surface area contributed by atoms with Gasteiger partial charge in [-0.3, -0.25) is 4.79 Å². The standard InChI is InChI=1S/C17H35NO2/c1-3-5-7-9-11-13-16(18-15-17(19)20)14-12-10-8-6-4-2/h16,18H,3-15H2,1-2H3,(H,19,20). The van der Waals surface area contributed by atoms with Gasteiger partial charge >= 0.3 is 5.97 Å². The van der Waals surface area contributed by atoms with Crippen molar-refractivity contribution < 1.29 is 9.90 Å². The number of unbranched alkanes of at least 4 members (excludes halogenated alkanes) is 8. The summed E-state index contributed by atoms with van der Waals surface area (Å²) < 4.78 is 0. The second kappa shape index (κ2) is 14.8. The fourth-order valence-electron chi connectivity index (χ4n) is 2.57. The molecule has 0 saturated carbocycles. The first-order valence-corrected chi connectivity index (χ1v) is 8.65. The van der Waals surface area contributed by atoms with Crippen molar-refractivity contribution in [3.63, 3.8) is 0 Å². The van der Waals surface area contributed by atoms with Crippen LogP contribution in [-0.4, -0.2) is 23.7 Å². The van der Waals surface area contributed by atoms with Crippen molar-refractivity contribution in [3.05, 3.63) is 0 Å². The number of nitrogens with one attached hydrogen (secondary N) is 1. The first-order chi connectivity index (χ1) is 9.70. The molecular formula is C17H35NO2. The molecule has 0 atom stereocenters. The molecule has 3 heteroatoms. The summed E-state index contributed by atoms with van der Waals surface area (Å²) in [7, 11) is 0. The minimum absolute atomic E-state index is 0.106. The highest BCUT2D eigenvalue weighted by molar-refractivity contribution is 5.69. The summed E-state index contributed by atoms with van der Waals surface area (Å²) in [6.45, 7) is 4.57. The molecule has 120 valence electrons. The number of hydrogen-bond acceptors (Lipinski definition) is 2. The van der Waals surface area contributed by atoms with Crippen LogP contribution in [0, 0.1) is 0 Å². The molecule has 0 unspecified atom stereocenters. The van der Waals surface area contributed by atoms with Crippen LogP contribution in [0.5, 0.6) is 0 Å². The Morgan fingerprint density at radius 3 is 1.70 bits per heavy atom. The summed E-state index contributed by atoms with van der Waals surface area (Å²) >= 11 is 0. The minimum atomic E-state index is -0.744. The lowest BCUT2D eigenvalue weighted by atomic mass is 10.0. The molecule has 0 aromatic carbocycles. The van der Waals surface area contributed by atoms with E-state index in [1.54, 1.807) is 0 Å². The maximum Gasteiger partial charge on any atom is 0.317 e. The van der Waals surface area contributed by atoms with Crippen molar-refractivity contribution in [2.24, 2.45) is 0 Å². The van der Waals surface area contributed by atoms with Gasteiger partial charge in [0.05, 0.1) is 6.54 Å². The Kier molecular flexibility index (Phi) is 14.4. The SMILES string of the molecule is CCCCCCCC(CCCCCCC)NCC(=O)O. The Bertz CT molecular complexity index is 205. The van der Waals surface area contributed by atoms with E-state index in [1.807, 2.05) is 0 Å². The number of aliphatic carboxylic acids is 1. The third-order valence-electron chi connectivity index (χ3n) is 3.85. The largest absolute Gasteiger partial charge is 0.480 e. The lowest BCUT2D eigenvalue weighted by Crippen LogP contribution is -2.33. The highest BCUT2D eigenvalue weighted by atomic mass is 16.4. The third-order valence-corrected chi connectivity index (χ3v) is 3.85. The predicted octanol–water partition coefficient (Wildman–Crippen LogP) is 4.75. The van der Waals surface area contributed by atoms with Crippen LogP contribution in [0.3, 0.4) is 0 Å². The summed E-state index contributed by atoms with van der Waals surface area (Å²) in [4.78, 5) is 10.7. The average molecular weight is 285 g/mol. The zero-order chi connectivity index (χ0) is 15.1. The molecule has 3 nitrogen and oxygen atoms in total. The van der Waals surface area contributed by atoms with Gasteiger partial charge in [-0.1, -0.05) is 78.1 Å². The molecule has 0 amide bonds. The molecule has 2 N–H and O–H groups in total. The Morgan fingerprint density at radius 2 is 1.30 bits per heavy atom. The van der Waals surface area contributed by atoms with Crippen LogP contribution in [0.25, 0.3) is 0 Å². The van der Waals surface area contributed by atoms with Crippen LogP contribution in [0.2, 0.25) is 0 Å². The highest BCUT2D eigenvalue weighted by Gasteiger charge is 2.09. The van der Waals surface area contributed by atoms with E-state index in [-0.39, 0.29) is 6.54 Å². The molecule has 0 heterocycles. The number of carbonyl (C=O) groups is 1. The fourth-order valence-corrected chi connectivity index (χ4v) is 2.57. The molecule has 0 saturated heterocycles. The van der Waals surface area contributed by atoms with Crippen LogP contribution >= 0.6 is 0 Å². The molecule has 0 aromatic heterocycles. The van der Waals surface area contributed by atoms with Crippen molar-refractivity contribution in [1.29, 1.82) is 0 Å². The maximum atomic E-state index is 10.7. The molecule has 0 fully saturated rings.